The summed E-state index contributed by atoms with van der Waals surface area (Å²) in [5.41, 5.74) is 1.19. The van der Waals surface area contributed by atoms with Crippen LogP contribution in [-0.2, 0) is 6.42 Å². The first kappa shape index (κ1) is 11.8. The minimum Gasteiger partial charge on any atom is -0.339 e. The lowest BCUT2D eigenvalue weighted by Gasteiger charge is -2.05. The van der Waals surface area contributed by atoms with Gasteiger partial charge in [0.1, 0.15) is 0 Å². The van der Waals surface area contributed by atoms with Gasteiger partial charge in [-0.25, -0.2) is 0 Å². The van der Waals surface area contributed by atoms with E-state index in [4.69, 9.17) is 4.52 Å². The van der Waals surface area contributed by atoms with Gasteiger partial charge in [-0.2, -0.15) is 4.98 Å². The van der Waals surface area contributed by atoms with Gasteiger partial charge in [-0.1, -0.05) is 35.5 Å². The van der Waals surface area contributed by atoms with Crippen LogP contribution in [0, 0.1) is 0 Å². The summed E-state index contributed by atoms with van der Waals surface area (Å²) in [4.78, 5) is 4.41. The van der Waals surface area contributed by atoms with E-state index in [1.165, 1.54) is 5.56 Å². The second-order valence-electron chi connectivity index (χ2n) is 4.03. The van der Waals surface area contributed by atoms with Crippen molar-refractivity contribution in [2.24, 2.45) is 0 Å². The lowest BCUT2D eigenvalue weighted by molar-refractivity contribution is 0.365. The molecule has 90 valence electrons. The van der Waals surface area contributed by atoms with E-state index in [1.54, 1.807) is 0 Å². The Bertz CT molecular complexity index is 453. The normalized spacial score (nSPS) is 12.6. The maximum Gasteiger partial charge on any atom is 0.233 e. The fourth-order valence-corrected chi connectivity index (χ4v) is 1.67. The number of hydrogen-bond acceptors (Lipinski definition) is 4. The molecule has 1 atom stereocenters. The molecule has 0 bridgehead atoms. The van der Waals surface area contributed by atoms with Gasteiger partial charge in [0.05, 0.1) is 5.92 Å². The average Bonchev–Trinajstić information content (AvgIpc) is 2.85. The zero-order valence-electron chi connectivity index (χ0n) is 10.2. The predicted molar refractivity (Wildman–Crippen MR) is 65.9 cm³/mol. The van der Waals surface area contributed by atoms with E-state index in [1.807, 2.05) is 25.2 Å². The van der Waals surface area contributed by atoms with Crippen molar-refractivity contribution in [1.82, 2.24) is 15.5 Å². The molecule has 0 saturated heterocycles. The number of rotatable bonds is 5. The summed E-state index contributed by atoms with van der Waals surface area (Å²) in [6, 6.07) is 10.2. The van der Waals surface area contributed by atoms with Crippen LogP contribution in [0.4, 0.5) is 0 Å². The smallest absolute Gasteiger partial charge is 0.233 e. The highest BCUT2D eigenvalue weighted by molar-refractivity contribution is 5.23. The van der Waals surface area contributed by atoms with Crippen LogP contribution in [0.3, 0.4) is 0 Å². The van der Waals surface area contributed by atoms with Crippen molar-refractivity contribution >= 4 is 0 Å². The van der Waals surface area contributed by atoms with Crippen LogP contribution in [0.2, 0.25) is 0 Å². The van der Waals surface area contributed by atoms with Gasteiger partial charge in [-0.3, -0.25) is 0 Å². The molecular formula is C13H17N3O. The highest BCUT2D eigenvalue weighted by Crippen LogP contribution is 2.21. The Labute approximate surface area is 101 Å². The second-order valence-corrected chi connectivity index (χ2v) is 4.03. The summed E-state index contributed by atoms with van der Waals surface area (Å²) in [5.74, 6) is 1.59. The standard InChI is InChI=1S/C13H17N3O/c1-10(11-6-4-3-5-7-11)13-15-12(16-17-13)8-9-14-2/h3-7,10,14H,8-9H2,1-2H3. The second kappa shape index (κ2) is 5.59. The van der Waals surface area contributed by atoms with Gasteiger partial charge in [0.25, 0.3) is 0 Å². The van der Waals surface area contributed by atoms with E-state index in [9.17, 15) is 0 Å². The highest BCUT2D eigenvalue weighted by atomic mass is 16.5. The summed E-state index contributed by atoms with van der Waals surface area (Å²) in [7, 11) is 1.91. The number of nitrogens with one attached hydrogen (secondary N) is 1. The van der Waals surface area contributed by atoms with Crippen LogP contribution in [0.25, 0.3) is 0 Å². The van der Waals surface area contributed by atoms with Crippen molar-refractivity contribution in [2.75, 3.05) is 13.6 Å². The third-order valence-corrected chi connectivity index (χ3v) is 2.75. The molecule has 1 unspecified atom stereocenters. The molecule has 0 amide bonds. The Hall–Kier alpha value is -1.68. The SMILES string of the molecule is CNCCc1noc(C(C)c2ccccc2)n1. The third-order valence-electron chi connectivity index (χ3n) is 2.75. The number of hydrogen-bond donors (Lipinski definition) is 1. The molecule has 0 saturated carbocycles. The Balaban J connectivity index is 2.09. The Morgan fingerprint density at radius 1 is 1.29 bits per heavy atom. The zero-order chi connectivity index (χ0) is 12.1. The molecule has 4 nitrogen and oxygen atoms in total. The van der Waals surface area contributed by atoms with Gasteiger partial charge in [0, 0.05) is 13.0 Å². The third kappa shape index (κ3) is 2.91. The van der Waals surface area contributed by atoms with Crippen LogP contribution < -0.4 is 5.32 Å². The number of benzene rings is 1. The summed E-state index contributed by atoms with van der Waals surface area (Å²) in [6.07, 6.45) is 0.793. The molecule has 0 aliphatic heterocycles. The number of aromatic nitrogens is 2. The minimum atomic E-state index is 0.145. The quantitative estimate of drug-likeness (QED) is 0.855. The maximum absolute atomic E-state index is 5.29. The van der Waals surface area contributed by atoms with E-state index in [2.05, 4.69) is 34.5 Å². The zero-order valence-corrected chi connectivity index (χ0v) is 10.2. The monoisotopic (exact) mass is 231 g/mol. The summed E-state index contributed by atoms with van der Waals surface area (Å²) < 4.78 is 5.29. The van der Waals surface area contributed by atoms with Crippen LogP contribution in [0.5, 0.6) is 0 Å². The number of nitrogens with zero attached hydrogens (tertiary/aromatic N) is 2. The highest BCUT2D eigenvalue weighted by Gasteiger charge is 2.15. The average molecular weight is 231 g/mol. The minimum absolute atomic E-state index is 0.145. The van der Waals surface area contributed by atoms with Crippen molar-refractivity contribution in [1.29, 1.82) is 0 Å². The molecule has 1 aromatic carbocycles. The van der Waals surface area contributed by atoms with Crippen molar-refractivity contribution in [3.8, 4) is 0 Å². The van der Waals surface area contributed by atoms with Crippen LogP contribution in [-0.4, -0.2) is 23.7 Å². The summed E-state index contributed by atoms with van der Waals surface area (Å²) in [5, 5.41) is 7.04. The Morgan fingerprint density at radius 2 is 2.06 bits per heavy atom. The molecule has 1 aromatic heterocycles. The molecule has 0 fully saturated rings. The summed E-state index contributed by atoms with van der Waals surface area (Å²) >= 11 is 0. The van der Waals surface area contributed by atoms with Crippen LogP contribution >= 0.6 is 0 Å². The summed E-state index contributed by atoms with van der Waals surface area (Å²) in [6.45, 7) is 2.93. The van der Waals surface area contributed by atoms with Gasteiger partial charge in [0.15, 0.2) is 5.82 Å². The van der Waals surface area contributed by atoms with Gasteiger partial charge in [0.2, 0.25) is 5.89 Å². The molecule has 17 heavy (non-hydrogen) atoms. The van der Waals surface area contributed by atoms with Crippen molar-refractivity contribution in [3.63, 3.8) is 0 Å². The Morgan fingerprint density at radius 3 is 2.76 bits per heavy atom. The van der Waals surface area contributed by atoms with E-state index in [-0.39, 0.29) is 5.92 Å². The predicted octanol–water partition coefficient (Wildman–Crippen LogP) is 1.98. The number of likely N-dealkylation sites (N-methyl/N-ethyl adjacent to an activating group) is 1. The molecule has 0 aliphatic rings. The van der Waals surface area contributed by atoms with Crippen molar-refractivity contribution in [3.05, 3.63) is 47.6 Å². The van der Waals surface area contributed by atoms with E-state index in [0.717, 1.165) is 18.8 Å². The van der Waals surface area contributed by atoms with E-state index < -0.39 is 0 Å². The lowest BCUT2D eigenvalue weighted by atomic mass is 10.0. The molecule has 2 aromatic rings. The molecule has 4 heteroatoms. The van der Waals surface area contributed by atoms with Gasteiger partial charge in [-0.05, 0) is 19.5 Å². The Kier molecular flexibility index (Phi) is 3.88. The largest absolute Gasteiger partial charge is 0.339 e. The van der Waals surface area contributed by atoms with Gasteiger partial charge >= 0.3 is 0 Å². The molecule has 0 spiro atoms. The topological polar surface area (TPSA) is 51.0 Å². The van der Waals surface area contributed by atoms with E-state index >= 15 is 0 Å². The van der Waals surface area contributed by atoms with Crippen LogP contribution in [0.1, 0.15) is 30.1 Å². The lowest BCUT2D eigenvalue weighted by Crippen LogP contribution is -2.11. The van der Waals surface area contributed by atoms with Gasteiger partial charge < -0.3 is 9.84 Å². The molecule has 0 aliphatic carbocycles. The molecule has 2 rings (SSSR count). The first-order chi connectivity index (χ1) is 8.31. The van der Waals surface area contributed by atoms with Gasteiger partial charge in [-0.15, -0.1) is 0 Å². The molecule has 0 radical (unpaired) electrons. The van der Waals surface area contributed by atoms with Crippen molar-refractivity contribution in [2.45, 2.75) is 19.3 Å². The fourth-order valence-electron chi connectivity index (χ4n) is 1.67. The molecule has 1 heterocycles. The fraction of sp³-hybridized carbons (Fsp3) is 0.385. The first-order valence-electron chi connectivity index (χ1n) is 5.83. The maximum atomic E-state index is 5.29. The first-order valence-corrected chi connectivity index (χ1v) is 5.83. The van der Waals surface area contributed by atoms with Crippen LogP contribution in [0.15, 0.2) is 34.9 Å². The molecule has 1 N–H and O–H groups in total. The molecular weight excluding hydrogens is 214 g/mol. The van der Waals surface area contributed by atoms with E-state index in [0.29, 0.717) is 5.89 Å². The van der Waals surface area contributed by atoms with Crippen molar-refractivity contribution < 1.29 is 4.52 Å².